The fourth-order valence-corrected chi connectivity index (χ4v) is 1.58. The number of ether oxygens (including phenoxy) is 1. The van der Waals surface area contributed by atoms with Gasteiger partial charge in [-0.3, -0.25) is 0 Å². The summed E-state index contributed by atoms with van der Waals surface area (Å²) in [7, 11) is 1.66. The van der Waals surface area contributed by atoms with Gasteiger partial charge in [0.15, 0.2) is 0 Å². The summed E-state index contributed by atoms with van der Waals surface area (Å²) in [5, 5.41) is 4.03. The molecule has 1 rings (SSSR count). The van der Waals surface area contributed by atoms with Gasteiger partial charge in [-0.1, -0.05) is 11.6 Å². The summed E-state index contributed by atoms with van der Waals surface area (Å²) in [6.07, 6.45) is 0.860. The maximum absolute atomic E-state index is 5.93. The van der Waals surface area contributed by atoms with E-state index in [9.17, 15) is 0 Å². The molecule has 0 aliphatic carbocycles. The summed E-state index contributed by atoms with van der Waals surface area (Å²) < 4.78 is 5.25. The first-order valence-electron chi connectivity index (χ1n) is 5.20. The lowest BCUT2D eigenvalue weighted by molar-refractivity contribution is 0.408. The quantitative estimate of drug-likeness (QED) is 0.628. The fraction of sp³-hybridized carbons (Fsp3) is 0.385. The van der Waals surface area contributed by atoms with E-state index in [1.54, 1.807) is 7.11 Å². The van der Waals surface area contributed by atoms with E-state index in [-0.39, 0.29) is 0 Å². The van der Waals surface area contributed by atoms with Crippen molar-refractivity contribution in [3.8, 4) is 17.6 Å². The Bertz CT molecular complexity index is 393. The molecule has 16 heavy (non-hydrogen) atoms. The third kappa shape index (κ3) is 4.14. The zero-order valence-corrected chi connectivity index (χ0v) is 10.4. The molecule has 0 amide bonds. The average molecular weight is 238 g/mol. The van der Waals surface area contributed by atoms with Gasteiger partial charge in [-0.15, -0.1) is 11.8 Å². The number of halogens is 1. The van der Waals surface area contributed by atoms with Gasteiger partial charge in [0.1, 0.15) is 5.75 Å². The molecule has 1 aromatic carbocycles. The summed E-state index contributed by atoms with van der Waals surface area (Å²) >= 11 is 5.93. The van der Waals surface area contributed by atoms with Crippen LogP contribution in [0.15, 0.2) is 18.2 Å². The summed E-state index contributed by atoms with van der Waals surface area (Å²) in [5.41, 5.74) is 1.07. The van der Waals surface area contributed by atoms with Gasteiger partial charge in [-0.25, -0.2) is 0 Å². The van der Waals surface area contributed by atoms with E-state index in [2.05, 4.69) is 17.2 Å². The van der Waals surface area contributed by atoms with Crippen LogP contribution in [0.3, 0.4) is 0 Å². The zero-order valence-electron chi connectivity index (χ0n) is 9.64. The van der Waals surface area contributed by atoms with Gasteiger partial charge in [0.05, 0.1) is 7.11 Å². The third-order valence-corrected chi connectivity index (χ3v) is 2.40. The second-order valence-electron chi connectivity index (χ2n) is 3.31. The summed E-state index contributed by atoms with van der Waals surface area (Å²) in [5.74, 6) is 6.73. The normalized spacial score (nSPS) is 9.44. The lowest BCUT2D eigenvalue weighted by Crippen LogP contribution is -2.14. The average Bonchev–Trinajstić information content (AvgIpc) is 2.29. The highest BCUT2D eigenvalue weighted by molar-refractivity contribution is 6.30. The molecule has 0 saturated heterocycles. The molecule has 0 atom stereocenters. The van der Waals surface area contributed by atoms with Crippen LogP contribution in [0.25, 0.3) is 0 Å². The van der Waals surface area contributed by atoms with E-state index in [1.165, 1.54) is 0 Å². The Morgan fingerprint density at radius 2 is 2.25 bits per heavy atom. The Kier molecular flexibility index (Phi) is 5.77. The Hall–Kier alpha value is -1.17. The molecule has 0 aromatic heterocycles. The highest BCUT2D eigenvalue weighted by Crippen LogP contribution is 2.22. The molecule has 0 spiro atoms. The standard InChI is InChI=1S/C13H16ClNO/c1-3-4-5-8-15-10-11-9-12(14)6-7-13(11)16-2/h6-7,9,15H,5,8,10H2,1-2H3. The van der Waals surface area contributed by atoms with Crippen LogP contribution >= 0.6 is 11.6 Å². The van der Waals surface area contributed by atoms with Crippen molar-refractivity contribution in [2.24, 2.45) is 0 Å². The fourth-order valence-electron chi connectivity index (χ4n) is 1.38. The van der Waals surface area contributed by atoms with Crippen molar-refractivity contribution in [1.29, 1.82) is 0 Å². The summed E-state index contributed by atoms with van der Waals surface area (Å²) in [6.45, 7) is 3.46. The maximum atomic E-state index is 5.93. The van der Waals surface area contributed by atoms with Gasteiger partial charge in [0, 0.05) is 30.1 Å². The van der Waals surface area contributed by atoms with E-state index in [1.807, 2.05) is 25.1 Å². The predicted molar refractivity (Wildman–Crippen MR) is 67.8 cm³/mol. The van der Waals surface area contributed by atoms with Gasteiger partial charge in [-0.05, 0) is 25.1 Å². The SMILES string of the molecule is CC#CCCNCc1cc(Cl)ccc1OC. The molecule has 0 unspecified atom stereocenters. The first kappa shape index (κ1) is 12.9. The van der Waals surface area contributed by atoms with Crippen LogP contribution in [0, 0.1) is 11.8 Å². The molecule has 0 saturated carbocycles. The Labute approximate surface area is 102 Å². The molecule has 3 heteroatoms. The molecule has 0 aliphatic heterocycles. The molecule has 0 radical (unpaired) electrons. The van der Waals surface area contributed by atoms with Crippen LogP contribution in [0.4, 0.5) is 0 Å². The van der Waals surface area contributed by atoms with Crippen LogP contribution in [-0.2, 0) is 6.54 Å². The van der Waals surface area contributed by atoms with E-state index >= 15 is 0 Å². The molecule has 0 bridgehead atoms. The third-order valence-electron chi connectivity index (χ3n) is 2.16. The highest BCUT2D eigenvalue weighted by atomic mass is 35.5. The van der Waals surface area contributed by atoms with Crippen molar-refractivity contribution in [1.82, 2.24) is 5.32 Å². The molecule has 2 nitrogen and oxygen atoms in total. The van der Waals surface area contributed by atoms with E-state index in [4.69, 9.17) is 16.3 Å². The Morgan fingerprint density at radius 3 is 2.94 bits per heavy atom. The molecular weight excluding hydrogens is 222 g/mol. The number of rotatable bonds is 5. The Balaban J connectivity index is 2.50. The van der Waals surface area contributed by atoms with Gasteiger partial charge in [-0.2, -0.15) is 0 Å². The van der Waals surface area contributed by atoms with Crippen molar-refractivity contribution in [2.45, 2.75) is 19.9 Å². The second-order valence-corrected chi connectivity index (χ2v) is 3.75. The molecule has 0 fully saturated rings. The van der Waals surface area contributed by atoms with E-state index in [0.717, 1.165) is 35.8 Å². The van der Waals surface area contributed by atoms with Gasteiger partial charge in [0.25, 0.3) is 0 Å². The minimum Gasteiger partial charge on any atom is -0.496 e. The summed E-state index contributed by atoms with van der Waals surface area (Å²) in [4.78, 5) is 0. The number of hydrogen-bond acceptors (Lipinski definition) is 2. The topological polar surface area (TPSA) is 21.3 Å². The van der Waals surface area contributed by atoms with Crippen LogP contribution in [0.2, 0.25) is 5.02 Å². The molecule has 86 valence electrons. The van der Waals surface area contributed by atoms with Crippen molar-refractivity contribution in [3.05, 3.63) is 28.8 Å². The number of hydrogen-bond donors (Lipinski definition) is 1. The lowest BCUT2D eigenvalue weighted by atomic mass is 10.2. The highest BCUT2D eigenvalue weighted by Gasteiger charge is 2.02. The number of nitrogens with one attached hydrogen (secondary N) is 1. The van der Waals surface area contributed by atoms with Gasteiger partial charge >= 0.3 is 0 Å². The summed E-state index contributed by atoms with van der Waals surface area (Å²) in [6, 6.07) is 5.62. The maximum Gasteiger partial charge on any atom is 0.123 e. The first-order valence-corrected chi connectivity index (χ1v) is 5.58. The molecule has 1 N–H and O–H groups in total. The minimum atomic E-state index is 0.728. The van der Waals surface area contributed by atoms with Crippen molar-refractivity contribution < 1.29 is 4.74 Å². The predicted octanol–water partition coefficient (Wildman–Crippen LogP) is 2.85. The number of benzene rings is 1. The largest absolute Gasteiger partial charge is 0.496 e. The Morgan fingerprint density at radius 1 is 1.44 bits per heavy atom. The van der Waals surface area contributed by atoms with Crippen LogP contribution in [0.1, 0.15) is 18.9 Å². The monoisotopic (exact) mass is 237 g/mol. The van der Waals surface area contributed by atoms with Gasteiger partial charge in [0.2, 0.25) is 0 Å². The lowest BCUT2D eigenvalue weighted by Gasteiger charge is -2.09. The van der Waals surface area contributed by atoms with Crippen molar-refractivity contribution in [2.75, 3.05) is 13.7 Å². The van der Waals surface area contributed by atoms with E-state index in [0.29, 0.717) is 0 Å². The molecule has 1 aromatic rings. The molecular formula is C13H16ClNO. The second kappa shape index (κ2) is 7.16. The number of methoxy groups -OCH3 is 1. The van der Waals surface area contributed by atoms with Crippen LogP contribution in [0.5, 0.6) is 5.75 Å². The zero-order chi connectivity index (χ0) is 11.8. The smallest absolute Gasteiger partial charge is 0.123 e. The van der Waals surface area contributed by atoms with Crippen LogP contribution in [-0.4, -0.2) is 13.7 Å². The molecule has 0 heterocycles. The van der Waals surface area contributed by atoms with E-state index < -0.39 is 0 Å². The minimum absolute atomic E-state index is 0.728. The van der Waals surface area contributed by atoms with Crippen molar-refractivity contribution >= 4 is 11.6 Å². The van der Waals surface area contributed by atoms with Crippen molar-refractivity contribution in [3.63, 3.8) is 0 Å². The molecule has 0 aliphatic rings. The van der Waals surface area contributed by atoms with Gasteiger partial charge < -0.3 is 10.1 Å². The first-order chi connectivity index (χ1) is 7.77. The van der Waals surface area contributed by atoms with Crippen LogP contribution < -0.4 is 10.1 Å².